The minimum absolute atomic E-state index is 0.244. The van der Waals surface area contributed by atoms with Crippen LogP contribution in [0.4, 0.5) is 10.6 Å². The van der Waals surface area contributed by atoms with Crippen molar-refractivity contribution in [3.05, 3.63) is 36.2 Å². The lowest BCUT2D eigenvalue weighted by atomic mass is 10.2. The lowest BCUT2D eigenvalue weighted by Gasteiger charge is -2.06. The predicted octanol–water partition coefficient (Wildman–Crippen LogP) is 3.69. The lowest BCUT2D eigenvalue weighted by molar-refractivity contribution is 0.251. The van der Waals surface area contributed by atoms with Crippen molar-refractivity contribution in [2.75, 3.05) is 5.32 Å². The van der Waals surface area contributed by atoms with Crippen LogP contribution in [0.25, 0.3) is 22.6 Å². The standard InChI is InChI=1S/C18H19N5O2/c1-10(2)14-6-7-15(25-14)13-9-19-12-5-8-16(22-17(12)21-13)23-18(24)20-11-3-4-11/h5-11H,3-4H2,1-2H3,(H2,20,21,22,23,24). The zero-order chi connectivity index (χ0) is 17.4. The molecule has 0 bridgehead atoms. The van der Waals surface area contributed by atoms with Crippen LogP contribution in [-0.2, 0) is 0 Å². The number of carbonyl (C=O) groups is 1. The van der Waals surface area contributed by atoms with Gasteiger partial charge in [0.1, 0.15) is 22.8 Å². The number of amides is 2. The first kappa shape index (κ1) is 15.6. The highest BCUT2D eigenvalue weighted by atomic mass is 16.3. The molecular weight excluding hydrogens is 318 g/mol. The summed E-state index contributed by atoms with van der Waals surface area (Å²) < 4.78 is 5.82. The van der Waals surface area contributed by atoms with Crippen LogP contribution in [0.15, 0.2) is 34.9 Å². The van der Waals surface area contributed by atoms with E-state index in [4.69, 9.17) is 4.42 Å². The second kappa shape index (κ2) is 6.16. The van der Waals surface area contributed by atoms with Crippen LogP contribution in [0.1, 0.15) is 38.4 Å². The summed E-state index contributed by atoms with van der Waals surface area (Å²) in [5.74, 6) is 2.31. The molecule has 1 saturated carbocycles. The van der Waals surface area contributed by atoms with E-state index in [-0.39, 0.29) is 6.03 Å². The first-order chi connectivity index (χ1) is 12.1. The summed E-state index contributed by atoms with van der Waals surface area (Å²) in [5.41, 5.74) is 1.74. The molecule has 0 saturated heterocycles. The Labute approximate surface area is 144 Å². The summed E-state index contributed by atoms with van der Waals surface area (Å²) in [7, 11) is 0. The molecule has 128 valence electrons. The SMILES string of the molecule is CC(C)c1ccc(-c2cnc3ccc(NC(=O)NC4CC4)nc3n2)o1. The summed E-state index contributed by atoms with van der Waals surface area (Å²) in [6.07, 6.45) is 3.74. The van der Waals surface area contributed by atoms with E-state index in [2.05, 4.69) is 39.4 Å². The fourth-order valence-electron chi connectivity index (χ4n) is 2.45. The molecule has 0 spiro atoms. The number of furan rings is 1. The molecule has 1 aliphatic carbocycles. The molecule has 4 rings (SSSR count). The lowest BCUT2D eigenvalue weighted by Crippen LogP contribution is -2.30. The van der Waals surface area contributed by atoms with Gasteiger partial charge in [0, 0.05) is 12.0 Å². The van der Waals surface area contributed by atoms with Crippen LogP contribution in [0, 0.1) is 0 Å². The van der Waals surface area contributed by atoms with Gasteiger partial charge in [-0.1, -0.05) is 13.8 Å². The van der Waals surface area contributed by atoms with E-state index < -0.39 is 0 Å². The molecule has 7 nitrogen and oxygen atoms in total. The Bertz CT molecular complexity index is 930. The Hall–Kier alpha value is -2.96. The first-order valence-corrected chi connectivity index (χ1v) is 8.40. The van der Waals surface area contributed by atoms with Crippen molar-refractivity contribution in [2.24, 2.45) is 0 Å². The Kier molecular flexibility index (Phi) is 3.83. The van der Waals surface area contributed by atoms with Gasteiger partial charge in [-0.15, -0.1) is 0 Å². The van der Waals surface area contributed by atoms with Gasteiger partial charge in [-0.2, -0.15) is 0 Å². The van der Waals surface area contributed by atoms with Gasteiger partial charge in [0.2, 0.25) is 0 Å². The van der Waals surface area contributed by atoms with Gasteiger partial charge in [0.25, 0.3) is 0 Å². The maximum absolute atomic E-state index is 11.8. The molecule has 0 aliphatic heterocycles. The summed E-state index contributed by atoms with van der Waals surface area (Å²) in [6, 6.07) is 7.38. The predicted molar refractivity (Wildman–Crippen MR) is 94.3 cm³/mol. The third-order valence-corrected chi connectivity index (χ3v) is 4.01. The van der Waals surface area contributed by atoms with Gasteiger partial charge in [-0.05, 0) is 37.1 Å². The molecule has 0 aromatic carbocycles. The minimum Gasteiger partial charge on any atom is -0.459 e. The van der Waals surface area contributed by atoms with E-state index in [1.54, 1.807) is 18.3 Å². The molecule has 0 unspecified atom stereocenters. The molecular formula is C18H19N5O2. The Morgan fingerprint density at radius 2 is 2.04 bits per heavy atom. The zero-order valence-electron chi connectivity index (χ0n) is 14.1. The smallest absolute Gasteiger partial charge is 0.320 e. The van der Waals surface area contributed by atoms with Gasteiger partial charge < -0.3 is 9.73 Å². The molecule has 2 N–H and O–H groups in total. The van der Waals surface area contributed by atoms with Crippen molar-refractivity contribution in [1.29, 1.82) is 0 Å². The number of nitrogens with zero attached hydrogens (tertiary/aromatic N) is 3. The molecule has 2 amide bonds. The van der Waals surface area contributed by atoms with Crippen molar-refractivity contribution in [2.45, 2.75) is 38.6 Å². The van der Waals surface area contributed by atoms with Crippen molar-refractivity contribution in [1.82, 2.24) is 20.3 Å². The molecule has 0 atom stereocenters. The van der Waals surface area contributed by atoms with E-state index in [0.29, 0.717) is 40.4 Å². The Morgan fingerprint density at radius 1 is 1.20 bits per heavy atom. The van der Waals surface area contributed by atoms with E-state index in [1.165, 1.54) is 0 Å². The topological polar surface area (TPSA) is 92.9 Å². The van der Waals surface area contributed by atoms with Crippen LogP contribution in [0.3, 0.4) is 0 Å². The number of urea groups is 1. The van der Waals surface area contributed by atoms with Gasteiger partial charge in [0.05, 0.1) is 6.20 Å². The van der Waals surface area contributed by atoms with Gasteiger partial charge >= 0.3 is 6.03 Å². The Balaban J connectivity index is 1.60. The molecule has 3 aromatic rings. The number of hydrogen-bond acceptors (Lipinski definition) is 5. The third-order valence-electron chi connectivity index (χ3n) is 4.01. The molecule has 25 heavy (non-hydrogen) atoms. The summed E-state index contributed by atoms with van der Waals surface area (Å²) in [5, 5.41) is 5.59. The van der Waals surface area contributed by atoms with Crippen LogP contribution in [0.5, 0.6) is 0 Å². The maximum Gasteiger partial charge on any atom is 0.320 e. The fourth-order valence-corrected chi connectivity index (χ4v) is 2.45. The normalized spacial score (nSPS) is 14.0. The number of rotatable bonds is 4. The van der Waals surface area contributed by atoms with E-state index in [1.807, 2.05) is 12.1 Å². The van der Waals surface area contributed by atoms with Crippen LogP contribution >= 0.6 is 0 Å². The maximum atomic E-state index is 11.8. The monoisotopic (exact) mass is 337 g/mol. The average Bonchev–Trinajstić information content (AvgIpc) is 3.25. The van der Waals surface area contributed by atoms with Crippen LogP contribution in [-0.4, -0.2) is 27.0 Å². The van der Waals surface area contributed by atoms with Gasteiger partial charge in [0.15, 0.2) is 11.4 Å². The van der Waals surface area contributed by atoms with E-state index >= 15 is 0 Å². The summed E-state index contributed by atoms with van der Waals surface area (Å²) in [6.45, 7) is 4.14. The number of hydrogen-bond donors (Lipinski definition) is 2. The van der Waals surface area contributed by atoms with Crippen LogP contribution in [0.2, 0.25) is 0 Å². The first-order valence-electron chi connectivity index (χ1n) is 8.40. The van der Waals surface area contributed by atoms with E-state index in [0.717, 1.165) is 18.6 Å². The number of nitrogens with one attached hydrogen (secondary N) is 2. The third kappa shape index (κ3) is 3.45. The summed E-state index contributed by atoms with van der Waals surface area (Å²) in [4.78, 5) is 25.1. The Morgan fingerprint density at radius 3 is 2.76 bits per heavy atom. The molecule has 0 radical (unpaired) electrons. The second-order valence-electron chi connectivity index (χ2n) is 6.52. The highest BCUT2D eigenvalue weighted by Crippen LogP contribution is 2.25. The van der Waals surface area contributed by atoms with Crippen LogP contribution < -0.4 is 10.6 Å². The van der Waals surface area contributed by atoms with Crippen molar-refractivity contribution >= 4 is 23.0 Å². The van der Waals surface area contributed by atoms with Crippen molar-refractivity contribution in [3.63, 3.8) is 0 Å². The second-order valence-corrected chi connectivity index (χ2v) is 6.52. The number of aromatic nitrogens is 3. The molecule has 1 aliphatic rings. The van der Waals surface area contributed by atoms with Crippen molar-refractivity contribution < 1.29 is 9.21 Å². The highest BCUT2D eigenvalue weighted by molar-refractivity contribution is 5.89. The zero-order valence-corrected chi connectivity index (χ0v) is 14.1. The minimum atomic E-state index is -0.244. The van der Waals surface area contributed by atoms with Gasteiger partial charge in [-0.3, -0.25) is 10.3 Å². The highest BCUT2D eigenvalue weighted by Gasteiger charge is 2.23. The molecule has 1 fully saturated rings. The molecule has 3 heterocycles. The van der Waals surface area contributed by atoms with E-state index in [9.17, 15) is 4.79 Å². The summed E-state index contributed by atoms with van der Waals surface area (Å²) >= 11 is 0. The number of anilines is 1. The quantitative estimate of drug-likeness (QED) is 0.757. The number of carbonyl (C=O) groups excluding carboxylic acids is 1. The van der Waals surface area contributed by atoms with Gasteiger partial charge in [-0.25, -0.2) is 14.8 Å². The molecule has 3 aromatic heterocycles. The van der Waals surface area contributed by atoms with Crippen molar-refractivity contribution in [3.8, 4) is 11.5 Å². The fraction of sp³-hybridized carbons (Fsp3) is 0.333. The number of pyridine rings is 1. The number of fused-ring (bicyclic) bond motifs is 1. The largest absolute Gasteiger partial charge is 0.459 e. The average molecular weight is 337 g/mol. The molecule has 7 heteroatoms.